The highest BCUT2D eigenvalue weighted by molar-refractivity contribution is 7.90. The van der Waals surface area contributed by atoms with Gasteiger partial charge in [-0.25, -0.2) is 13.4 Å². The van der Waals surface area contributed by atoms with Crippen LogP contribution in [0.1, 0.15) is 10.4 Å². The van der Waals surface area contributed by atoms with E-state index in [2.05, 4.69) is 10.3 Å². The van der Waals surface area contributed by atoms with E-state index in [0.717, 1.165) is 6.26 Å². The molecular formula is C28H21ClN2O5S. The first kappa shape index (κ1) is 24.5. The zero-order valence-electron chi connectivity index (χ0n) is 19.9. The number of halogens is 1. The molecule has 0 bridgehead atoms. The van der Waals surface area contributed by atoms with Crippen LogP contribution in [0.15, 0.2) is 94.2 Å². The van der Waals surface area contributed by atoms with Crippen molar-refractivity contribution in [2.24, 2.45) is 0 Å². The summed E-state index contributed by atoms with van der Waals surface area (Å²) in [5, 5.41) is 3.30. The lowest BCUT2D eigenvalue weighted by Crippen LogP contribution is -2.14. The Hall–Kier alpha value is -4.14. The van der Waals surface area contributed by atoms with E-state index in [1.807, 2.05) is 24.3 Å². The maximum absolute atomic E-state index is 13.4. The summed E-state index contributed by atoms with van der Waals surface area (Å²) in [4.78, 5) is 18.0. The van der Waals surface area contributed by atoms with E-state index in [1.54, 1.807) is 49.6 Å². The van der Waals surface area contributed by atoms with Gasteiger partial charge in [0.05, 0.1) is 22.6 Å². The number of nitrogens with one attached hydrogen (secondary N) is 1. The standard InChI is InChI=1S/C28H21ClN2O5S/c1-35-19-10-7-17(8-11-19)22-16-20(37(2,33)34)12-13-21(22)27(32)30-18-9-14-24(29)23(15-18)28-31-25-5-3-4-6-26(25)36-28/h3-16H,1-2H3,(H,30,32). The molecule has 0 atom stereocenters. The van der Waals surface area contributed by atoms with E-state index in [-0.39, 0.29) is 4.90 Å². The van der Waals surface area contributed by atoms with Crippen LogP contribution in [-0.4, -0.2) is 32.7 Å². The monoisotopic (exact) mass is 532 g/mol. The number of nitrogens with zero attached hydrogens (tertiary/aromatic N) is 1. The lowest BCUT2D eigenvalue weighted by molar-refractivity contribution is 0.102. The molecule has 0 aliphatic carbocycles. The minimum absolute atomic E-state index is 0.111. The van der Waals surface area contributed by atoms with Crippen molar-refractivity contribution in [1.29, 1.82) is 0 Å². The first-order chi connectivity index (χ1) is 17.7. The molecule has 0 aliphatic heterocycles. The van der Waals surface area contributed by atoms with Crippen molar-refractivity contribution in [3.63, 3.8) is 0 Å². The van der Waals surface area contributed by atoms with E-state index in [9.17, 15) is 13.2 Å². The fourth-order valence-electron chi connectivity index (χ4n) is 3.91. The van der Waals surface area contributed by atoms with Gasteiger partial charge in [-0.3, -0.25) is 4.79 Å². The van der Waals surface area contributed by atoms with E-state index in [1.165, 1.54) is 18.2 Å². The van der Waals surface area contributed by atoms with Crippen LogP contribution in [0, 0.1) is 0 Å². The number of hydrogen-bond donors (Lipinski definition) is 1. The zero-order valence-corrected chi connectivity index (χ0v) is 21.4. The molecular weight excluding hydrogens is 512 g/mol. The number of benzene rings is 4. The number of rotatable bonds is 6. The van der Waals surface area contributed by atoms with E-state index < -0.39 is 15.7 Å². The average molecular weight is 533 g/mol. The number of amides is 1. The van der Waals surface area contributed by atoms with Crippen LogP contribution < -0.4 is 10.1 Å². The molecule has 9 heteroatoms. The molecule has 5 aromatic rings. The summed E-state index contributed by atoms with van der Waals surface area (Å²) in [6, 6.07) is 23.8. The van der Waals surface area contributed by atoms with E-state index in [0.29, 0.717) is 55.7 Å². The Morgan fingerprint density at radius 2 is 1.70 bits per heavy atom. The minimum atomic E-state index is -3.49. The number of fused-ring (bicyclic) bond motifs is 1. The van der Waals surface area contributed by atoms with Crippen molar-refractivity contribution in [3.05, 3.63) is 95.5 Å². The van der Waals surface area contributed by atoms with Gasteiger partial charge < -0.3 is 14.5 Å². The highest BCUT2D eigenvalue weighted by Crippen LogP contribution is 2.33. The van der Waals surface area contributed by atoms with E-state index >= 15 is 0 Å². The van der Waals surface area contributed by atoms with Gasteiger partial charge in [0.25, 0.3) is 5.91 Å². The zero-order chi connectivity index (χ0) is 26.2. The van der Waals surface area contributed by atoms with Crippen LogP contribution >= 0.6 is 11.6 Å². The third-order valence-electron chi connectivity index (χ3n) is 5.81. The number of sulfone groups is 1. The van der Waals surface area contributed by atoms with Crippen LogP contribution in [-0.2, 0) is 9.84 Å². The predicted octanol–water partition coefficient (Wildman–Crippen LogP) is 6.48. The van der Waals surface area contributed by atoms with Gasteiger partial charge in [-0.2, -0.15) is 0 Å². The Morgan fingerprint density at radius 1 is 0.946 bits per heavy atom. The summed E-state index contributed by atoms with van der Waals surface area (Å²) in [6.45, 7) is 0. The topological polar surface area (TPSA) is 98.5 Å². The Kier molecular flexibility index (Phi) is 6.45. The minimum Gasteiger partial charge on any atom is -0.497 e. The van der Waals surface area contributed by atoms with Crippen LogP contribution in [0.5, 0.6) is 5.75 Å². The molecule has 0 fully saturated rings. The number of ether oxygens (including phenoxy) is 1. The lowest BCUT2D eigenvalue weighted by atomic mass is 9.99. The lowest BCUT2D eigenvalue weighted by Gasteiger charge is -2.13. The van der Waals surface area contributed by atoms with Crippen molar-refractivity contribution in [2.45, 2.75) is 4.90 Å². The van der Waals surface area contributed by atoms with Gasteiger partial charge in [-0.05, 0) is 71.8 Å². The van der Waals surface area contributed by atoms with Crippen LogP contribution in [0.25, 0.3) is 33.7 Å². The molecule has 4 aromatic carbocycles. The number of carbonyl (C=O) groups excluding carboxylic acids is 1. The smallest absolute Gasteiger partial charge is 0.256 e. The number of carbonyl (C=O) groups is 1. The van der Waals surface area contributed by atoms with Gasteiger partial charge in [0, 0.05) is 17.5 Å². The second-order valence-electron chi connectivity index (χ2n) is 8.34. The third-order valence-corrected chi connectivity index (χ3v) is 7.25. The summed E-state index contributed by atoms with van der Waals surface area (Å²) in [7, 11) is -1.93. The molecule has 37 heavy (non-hydrogen) atoms. The molecule has 0 unspecified atom stereocenters. The third kappa shape index (κ3) is 5.07. The quantitative estimate of drug-likeness (QED) is 0.269. The molecule has 0 saturated heterocycles. The normalized spacial score (nSPS) is 11.4. The van der Waals surface area contributed by atoms with Crippen LogP contribution in [0.2, 0.25) is 5.02 Å². The molecule has 1 N–H and O–H groups in total. The van der Waals surface area contributed by atoms with Gasteiger partial charge in [0.1, 0.15) is 11.3 Å². The number of anilines is 1. The Labute approximate surface area is 218 Å². The number of para-hydroxylation sites is 2. The van der Waals surface area contributed by atoms with Gasteiger partial charge in [-0.1, -0.05) is 35.9 Å². The Balaban J connectivity index is 1.52. The molecule has 0 spiro atoms. The van der Waals surface area contributed by atoms with Gasteiger partial charge in [0.2, 0.25) is 5.89 Å². The van der Waals surface area contributed by atoms with Crippen LogP contribution in [0.4, 0.5) is 5.69 Å². The average Bonchev–Trinajstić information content (AvgIpc) is 3.33. The highest BCUT2D eigenvalue weighted by Gasteiger charge is 2.19. The van der Waals surface area contributed by atoms with E-state index in [4.69, 9.17) is 20.8 Å². The summed E-state index contributed by atoms with van der Waals surface area (Å²) in [5.41, 5.74) is 3.75. The second-order valence-corrected chi connectivity index (χ2v) is 10.8. The molecule has 1 aromatic heterocycles. The fourth-order valence-corrected chi connectivity index (χ4v) is 4.76. The molecule has 7 nitrogen and oxygen atoms in total. The number of hydrogen-bond acceptors (Lipinski definition) is 6. The van der Waals surface area contributed by atoms with Crippen molar-refractivity contribution < 1.29 is 22.4 Å². The molecule has 1 amide bonds. The molecule has 0 aliphatic rings. The second kappa shape index (κ2) is 9.72. The fraction of sp³-hybridized carbons (Fsp3) is 0.0714. The number of methoxy groups -OCH3 is 1. The number of aromatic nitrogens is 1. The Bertz CT molecular complexity index is 1710. The van der Waals surface area contributed by atoms with Crippen molar-refractivity contribution in [2.75, 3.05) is 18.7 Å². The summed E-state index contributed by atoms with van der Waals surface area (Å²) in [6.07, 6.45) is 1.13. The Morgan fingerprint density at radius 3 is 2.41 bits per heavy atom. The molecule has 0 saturated carbocycles. The largest absolute Gasteiger partial charge is 0.497 e. The van der Waals surface area contributed by atoms with Crippen LogP contribution in [0.3, 0.4) is 0 Å². The summed E-state index contributed by atoms with van der Waals surface area (Å²) >= 11 is 6.42. The SMILES string of the molecule is COc1ccc(-c2cc(S(C)(=O)=O)ccc2C(=O)Nc2ccc(Cl)c(-c3nc4ccccc4o3)c2)cc1. The van der Waals surface area contributed by atoms with Gasteiger partial charge >= 0.3 is 0 Å². The predicted molar refractivity (Wildman–Crippen MR) is 144 cm³/mol. The van der Waals surface area contributed by atoms with Gasteiger partial charge in [0.15, 0.2) is 15.4 Å². The first-order valence-electron chi connectivity index (χ1n) is 11.2. The van der Waals surface area contributed by atoms with Gasteiger partial charge in [-0.15, -0.1) is 0 Å². The summed E-state index contributed by atoms with van der Waals surface area (Å²) in [5.74, 6) is 0.553. The summed E-state index contributed by atoms with van der Waals surface area (Å²) < 4.78 is 35.5. The van der Waals surface area contributed by atoms with Crippen molar-refractivity contribution in [1.82, 2.24) is 4.98 Å². The molecule has 0 radical (unpaired) electrons. The first-order valence-corrected chi connectivity index (χ1v) is 13.5. The molecule has 186 valence electrons. The molecule has 1 heterocycles. The maximum Gasteiger partial charge on any atom is 0.256 e. The number of oxazole rings is 1. The van der Waals surface area contributed by atoms with Crippen molar-refractivity contribution in [3.8, 4) is 28.3 Å². The molecule has 5 rings (SSSR count). The van der Waals surface area contributed by atoms with Crippen molar-refractivity contribution >= 4 is 44.1 Å². The maximum atomic E-state index is 13.4. The highest BCUT2D eigenvalue weighted by atomic mass is 35.5.